The van der Waals surface area contributed by atoms with E-state index >= 15 is 0 Å². The molecule has 5 heteroatoms. The SMILES string of the molecule is NCc1cc(-c2nc3cnccc3n2C2CC2)ccn1. The molecule has 1 saturated carbocycles. The van der Waals surface area contributed by atoms with Crippen molar-refractivity contribution >= 4 is 11.0 Å². The summed E-state index contributed by atoms with van der Waals surface area (Å²) in [5.41, 5.74) is 9.74. The molecule has 0 saturated heterocycles. The standard InChI is InChI=1S/C15H15N5/c16-8-11-7-10(3-6-18-11)15-19-13-9-17-5-4-14(13)20(15)12-1-2-12/h3-7,9,12H,1-2,8,16H2. The van der Waals surface area contributed by atoms with Crippen molar-refractivity contribution in [2.75, 3.05) is 0 Å². The maximum Gasteiger partial charge on any atom is 0.141 e. The lowest BCUT2D eigenvalue weighted by Gasteiger charge is -2.08. The molecule has 2 N–H and O–H groups in total. The molecule has 0 aromatic carbocycles. The maximum absolute atomic E-state index is 5.68. The molecular weight excluding hydrogens is 250 g/mol. The molecule has 0 bridgehead atoms. The Morgan fingerprint density at radius 2 is 2.15 bits per heavy atom. The number of fused-ring (bicyclic) bond motifs is 1. The highest BCUT2D eigenvalue weighted by Gasteiger charge is 2.28. The van der Waals surface area contributed by atoms with E-state index in [1.165, 1.54) is 12.8 Å². The van der Waals surface area contributed by atoms with Gasteiger partial charge in [-0.05, 0) is 31.0 Å². The number of nitrogens with two attached hydrogens (primary N) is 1. The molecular formula is C15H15N5. The smallest absolute Gasteiger partial charge is 0.141 e. The van der Waals surface area contributed by atoms with Crippen molar-refractivity contribution in [3.8, 4) is 11.4 Å². The summed E-state index contributed by atoms with van der Waals surface area (Å²) in [4.78, 5) is 13.2. The highest BCUT2D eigenvalue weighted by Crippen LogP contribution is 2.41. The fourth-order valence-corrected chi connectivity index (χ4v) is 2.59. The minimum atomic E-state index is 0.444. The van der Waals surface area contributed by atoms with Crippen LogP contribution >= 0.6 is 0 Å². The van der Waals surface area contributed by atoms with Crippen LogP contribution in [-0.4, -0.2) is 19.5 Å². The average Bonchev–Trinajstić information content (AvgIpc) is 3.27. The topological polar surface area (TPSA) is 69.6 Å². The Kier molecular flexibility index (Phi) is 2.53. The van der Waals surface area contributed by atoms with Crippen LogP contribution < -0.4 is 5.73 Å². The molecule has 0 radical (unpaired) electrons. The Labute approximate surface area is 116 Å². The largest absolute Gasteiger partial charge is 0.325 e. The van der Waals surface area contributed by atoms with Crippen molar-refractivity contribution in [1.82, 2.24) is 19.5 Å². The summed E-state index contributed by atoms with van der Waals surface area (Å²) in [6.07, 6.45) is 7.88. The molecule has 0 unspecified atom stereocenters. The number of aromatic nitrogens is 4. The quantitative estimate of drug-likeness (QED) is 0.788. The molecule has 3 aromatic heterocycles. The molecule has 4 rings (SSSR count). The Hall–Kier alpha value is -2.27. The average molecular weight is 265 g/mol. The lowest BCUT2D eigenvalue weighted by Crippen LogP contribution is -2.01. The van der Waals surface area contributed by atoms with Crippen molar-refractivity contribution < 1.29 is 0 Å². The van der Waals surface area contributed by atoms with Gasteiger partial charge in [0.05, 0.1) is 17.4 Å². The van der Waals surface area contributed by atoms with Gasteiger partial charge in [-0.1, -0.05) is 0 Å². The number of pyridine rings is 2. The molecule has 3 heterocycles. The number of hydrogen-bond acceptors (Lipinski definition) is 4. The van der Waals surface area contributed by atoms with Crippen LogP contribution in [0.2, 0.25) is 0 Å². The van der Waals surface area contributed by atoms with Gasteiger partial charge in [0.15, 0.2) is 0 Å². The van der Waals surface area contributed by atoms with Gasteiger partial charge < -0.3 is 10.3 Å². The number of hydrogen-bond donors (Lipinski definition) is 1. The van der Waals surface area contributed by atoms with Gasteiger partial charge in [0.2, 0.25) is 0 Å². The van der Waals surface area contributed by atoms with E-state index in [0.717, 1.165) is 28.1 Å². The molecule has 0 aliphatic heterocycles. The Balaban J connectivity index is 1.96. The van der Waals surface area contributed by atoms with E-state index in [4.69, 9.17) is 10.7 Å². The predicted molar refractivity (Wildman–Crippen MR) is 76.9 cm³/mol. The molecule has 0 spiro atoms. The summed E-state index contributed by atoms with van der Waals surface area (Å²) < 4.78 is 2.33. The van der Waals surface area contributed by atoms with Gasteiger partial charge in [-0.3, -0.25) is 9.97 Å². The van der Waals surface area contributed by atoms with Crippen molar-refractivity contribution in [2.24, 2.45) is 5.73 Å². The summed E-state index contributed by atoms with van der Waals surface area (Å²) >= 11 is 0. The van der Waals surface area contributed by atoms with E-state index in [2.05, 4.69) is 14.5 Å². The molecule has 100 valence electrons. The van der Waals surface area contributed by atoms with Gasteiger partial charge >= 0.3 is 0 Å². The lowest BCUT2D eigenvalue weighted by atomic mass is 10.2. The molecule has 1 fully saturated rings. The van der Waals surface area contributed by atoms with Gasteiger partial charge in [0, 0.05) is 30.5 Å². The maximum atomic E-state index is 5.68. The summed E-state index contributed by atoms with van der Waals surface area (Å²) in [6.45, 7) is 0.444. The monoisotopic (exact) mass is 265 g/mol. The first-order valence-corrected chi connectivity index (χ1v) is 6.84. The van der Waals surface area contributed by atoms with Crippen LogP contribution in [-0.2, 0) is 6.54 Å². The molecule has 20 heavy (non-hydrogen) atoms. The zero-order valence-corrected chi connectivity index (χ0v) is 11.0. The minimum absolute atomic E-state index is 0.444. The summed E-state index contributed by atoms with van der Waals surface area (Å²) in [5.74, 6) is 0.993. The highest BCUT2D eigenvalue weighted by atomic mass is 15.1. The first kappa shape index (κ1) is 11.5. The van der Waals surface area contributed by atoms with Crippen LogP contribution in [0.4, 0.5) is 0 Å². The molecule has 3 aromatic rings. The normalized spacial score (nSPS) is 14.8. The number of imidazole rings is 1. The third kappa shape index (κ3) is 1.78. The van der Waals surface area contributed by atoms with Crippen molar-refractivity contribution in [1.29, 1.82) is 0 Å². The summed E-state index contributed by atoms with van der Waals surface area (Å²) in [5, 5.41) is 0. The third-order valence-corrected chi connectivity index (χ3v) is 3.69. The molecule has 0 atom stereocenters. The Morgan fingerprint density at radius 3 is 2.95 bits per heavy atom. The van der Waals surface area contributed by atoms with Crippen LogP contribution in [0.5, 0.6) is 0 Å². The second-order valence-electron chi connectivity index (χ2n) is 5.14. The van der Waals surface area contributed by atoms with E-state index in [-0.39, 0.29) is 0 Å². The highest BCUT2D eigenvalue weighted by molar-refractivity contribution is 5.80. The van der Waals surface area contributed by atoms with Crippen LogP contribution in [0.15, 0.2) is 36.8 Å². The van der Waals surface area contributed by atoms with Crippen LogP contribution in [0, 0.1) is 0 Å². The van der Waals surface area contributed by atoms with E-state index < -0.39 is 0 Å². The first-order chi connectivity index (χ1) is 9.86. The minimum Gasteiger partial charge on any atom is -0.325 e. The fourth-order valence-electron chi connectivity index (χ4n) is 2.59. The van der Waals surface area contributed by atoms with Gasteiger partial charge in [-0.15, -0.1) is 0 Å². The molecule has 1 aliphatic carbocycles. The Bertz CT molecular complexity index is 773. The van der Waals surface area contributed by atoms with E-state index in [1.807, 2.05) is 30.6 Å². The van der Waals surface area contributed by atoms with Crippen LogP contribution in [0.1, 0.15) is 24.6 Å². The Morgan fingerprint density at radius 1 is 1.25 bits per heavy atom. The third-order valence-electron chi connectivity index (χ3n) is 3.69. The van der Waals surface area contributed by atoms with Crippen LogP contribution in [0.3, 0.4) is 0 Å². The molecule has 1 aliphatic rings. The number of nitrogens with zero attached hydrogens (tertiary/aromatic N) is 4. The summed E-state index contributed by atoms with van der Waals surface area (Å²) in [6, 6.07) is 6.61. The zero-order valence-electron chi connectivity index (χ0n) is 11.0. The van der Waals surface area contributed by atoms with Crippen molar-refractivity contribution in [3.63, 3.8) is 0 Å². The second-order valence-corrected chi connectivity index (χ2v) is 5.14. The van der Waals surface area contributed by atoms with Gasteiger partial charge in [0.1, 0.15) is 11.3 Å². The van der Waals surface area contributed by atoms with E-state index in [1.54, 1.807) is 6.20 Å². The fraction of sp³-hybridized carbons (Fsp3) is 0.267. The molecule has 0 amide bonds. The van der Waals surface area contributed by atoms with E-state index in [9.17, 15) is 0 Å². The molecule has 5 nitrogen and oxygen atoms in total. The van der Waals surface area contributed by atoms with Crippen molar-refractivity contribution in [2.45, 2.75) is 25.4 Å². The first-order valence-electron chi connectivity index (χ1n) is 6.84. The summed E-state index contributed by atoms with van der Waals surface area (Å²) in [7, 11) is 0. The zero-order chi connectivity index (χ0) is 13.5. The lowest BCUT2D eigenvalue weighted by molar-refractivity contribution is 0.774. The predicted octanol–water partition coefficient (Wildman–Crippen LogP) is 2.29. The van der Waals surface area contributed by atoms with Gasteiger partial charge in [0.25, 0.3) is 0 Å². The van der Waals surface area contributed by atoms with E-state index in [0.29, 0.717) is 12.6 Å². The van der Waals surface area contributed by atoms with Gasteiger partial charge in [-0.2, -0.15) is 0 Å². The second kappa shape index (κ2) is 4.38. The van der Waals surface area contributed by atoms with Gasteiger partial charge in [-0.25, -0.2) is 4.98 Å². The number of rotatable bonds is 3. The van der Waals surface area contributed by atoms with Crippen molar-refractivity contribution in [3.05, 3.63) is 42.5 Å². The van der Waals surface area contributed by atoms with Crippen LogP contribution in [0.25, 0.3) is 22.4 Å².